The second-order valence-corrected chi connectivity index (χ2v) is 4.55. The van der Waals surface area contributed by atoms with E-state index in [0.29, 0.717) is 29.2 Å². The second-order valence-electron chi connectivity index (χ2n) is 3.81. The zero-order chi connectivity index (χ0) is 13.8. The van der Waals surface area contributed by atoms with Gasteiger partial charge in [-0.25, -0.2) is 9.97 Å². The van der Waals surface area contributed by atoms with E-state index in [4.69, 9.17) is 32.7 Å². The summed E-state index contributed by atoms with van der Waals surface area (Å²) in [6.07, 6.45) is 1.14. The molecule has 2 aromatic heterocycles. The third-order valence-electron chi connectivity index (χ3n) is 2.53. The van der Waals surface area contributed by atoms with Gasteiger partial charge in [-0.05, 0) is 26.0 Å². The summed E-state index contributed by atoms with van der Waals surface area (Å²) in [5.41, 5.74) is 0.630. The van der Waals surface area contributed by atoms with Gasteiger partial charge in [-0.15, -0.1) is 0 Å². The van der Waals surface area contributed by atoms with Crippen LogP contribution in [-0.4, -0.2) is 23.2 Å². The molecule has 6 heteroatoms. The van der Waals surface area contributed by atoms with Crippen molar-refractivity contribution in [2.75, 3.05) is 13.2 Å². The normalized spacial score (nSPS) is 11.4. The maximum Gasteiger partial charge on any atom is 0.201 e. The molecule has 2 aromatic rings. The molecule has 0 saturated heterocycles. The minimum absolute atomic E-state index is 0.362. The van der Waals surface area contributed by atoms with Crippen LogP contribution in [0.25, 0.3) is 10.8 Å². The Morgan fingerprint density at radius 3 is 2.47 bits per heavy atom. The molecule has 0 amide bonds. The van der Waals surface area contributed by atoms with Crippen molar-refractivity contribution in [3.63, 3.8) is 0 Å². The standard InChI is InChI=1S/C13H14Cl2N2O2/c1-3-18-13(19-4-2)10-5-8-7-16-11(14)6-9(8)12(15)17-10/h5-7,13H,3-4H2,1-2H3. The van der Waals surface area contributed by atoms with E-state index in [0.717, 1.165) is 10.8 Å². The Bertz CT molecular complexity index is 572. The third-order valence-corrected chi connectivity index (χ3v) is 3.03. The molecule has 0 aliphatic rings. The molecule has 4 nitrogen and oxygen atoms in total. The topological polar surface area (TPSA) is 44.2 Å². The van der Waals surface area contributed by atoms with E-state index >= 15 is 0 Å². The Morgan fingerprint density at radius 2 is 1.84 bits per heavy atom. The number of ether oxygens (including phenoxy) is 2. The van der Waals surface area contributed by atoms with E-state index in [1.807, 2.05) is 19.9 Å². The Hall–Kier alpha value is -0.940. The van der Waals surface area contributed by atoms with Crippen LogP contribution in [0.5, 0.6) is 0 Å². The van der Waals surface area contributed by atoms with Gasteiger partial charge in [0.25, 0.3) is 0 Å². The van der Waals surface area contributed by atoms with Crippen LogP contribution < -0.4 is 0 Å². The predicted octanol–water partition coefficient (Wildman–Crippen LogP) is 4.01. The number of rotatable bonds is 5. The van der Waals surface area contributed by atoms with Crippen molar-refractivity contribution in [3.05, 3.63) is 34.3 Å². The fourth-order valence-electron chi connectivity index (χ4n) is 1.74. The van der Waals surface area contributed by atoms with Crippen molar-refractivity contribution < 1.29 is 9.47 Å². The highest BCUT2D eigenvalue weighted by atomic mass is 35.5. The second kappa shape index (κ2) is 6.48. The molecule has 0 aliphatic heterocycles. The average molecular weight is 301 g/mol. The summed E-state index contributed by atoms with van der Waals surface area (Å²) in [5, 5.41) is 2.36. The molecule has 0 unspecified atom stereocenters. The Morgan fingerprint density at radius 1 is 1.16 bits per heavy atom. The lowest BCUT2D eigenvalue weighted by Gasteiger charge is -2.17. The van der Waals surface area contributed by atoms with E-state index in [1.54, 1.807) is 12.3 Å². The van der Waals surface area contributed by atoms with Gasteiger partial charge in [0.05, 0.1) is 5.69 Å². The zero-order valence-corrected chi connectivity index (χ0v) is 12.2. The summed E-state index contributed by atoms with van der Waals surface area (Å²) >= 11 is 12.0. The molecular weight excluding hydrogens is 287 g/mol. The van der Waals surface area contributed by atoms with Crippen LogP contribution in [0.2, 0.25) is 10.3 Å². The number of pyridine rings is 2. The molecule has 0 N–H and O–H groups in total. The van der Waals surface area contributed by atoms with Gasteiger partial charge in [-0.2, -0.15) is 0 Å². The van der Waals surface area contributed by atoms with Crippen LogP contribution in [0.4, 0.5) is 0 Å². The lowest BCUT2D eigenvalue weighted by Crippen LogP contribution is -2.10. The van der Waals surface area contributed by atoms with Gasteiger partial charge in [-0.3, -0.25) is 0 Å². The summed E-state index contributed by atoms with van der Waals surface area (Å²) in [5.74, 6) is 0. The monoisotopic (exact) mass is 300 g/mol. The molecular formula is C13H14Cl2N2O2. The fraction of sp³-hybridized carbons (Fsp3) is 0.385. The van der Waals surface area contributed by atoms with Crippen molar-refractivity contribution >= 4 is 34.0 Å². The van der Waals surface area contributed by atoms with Crippen LogP contribution in [0.1, 0.15) is 25.8 Å². The molecule has 0 atom stereocenters. The maximum absolute atomic E-state index is 6.17. The lowest BCUT2D eigenvalue weighted by molar-refractivity contribution is -0.142. The summed E-state index contributed by atoms with van der Waals surface area (Å²) in [6.45, 7) is 4.85. The minimum atomic E-state index is -0.521. The van der Waals surface area contributed by atoms with Crippen molar-refractivity contribution in [3.8, 4) is 0 Å². The van der Waals surface area contributed by atoms with E-state index in [1.165, 1.54) is 0 Å². The number of hydrogen-bond acceptors (Lipinski definition) is 4. The number of aromatic nitrogens is 2. The zero-order valence-electron chi connectivity index (χ0n) is 10.7. The highest BCUT2D eigenvalue weighted by molar-refractivity contribution is 6.35. The first-order valence-electron chi connectivity index (χ1n) is 6.00. The van der Waals surface area contributed by atoms with Crippen molar-refractivity contribution in [1.29, 1.82) is 0 Å². The third kappa shape index (κ3) is 3.34. The molecule has 0 radical (unpaired) electrons. The predicted molar refractivity (Wildman–Crippen MR) is 75.6 cm³/mol. The number of hydrogen-bond donors (Lipinski definition) is 0. The van der Waals surface area contributed by atoms with Gasteiger partial charge in [0.15, 0.2) is 0 Å². The van der Waals surface area contributed by atoms with E-state index in [2.05, 4.69) is 9.97 Å². The molecule has 2 rings (SSSR count). The van der Waals surface area contributed by atoms with E-state index in [-0.39, 0.29) is 0 Å². The summed E-state index contributed by atoms with van der Waals surface area (Å²) in [4.78, 5) is 8.35. The largest absolute Gasteiger partial charge is 0.347 e. The molecule has 19 heavy (non-hydrogen) atoms. The van der Waals surface area contributed by atoms with E-state index < -0.39 is 6.29 Å². The summed E-state index contributed by atoms with van der Waals surface area (Å²) in [7, 11) is 0. The first-order valence-corrected chi connectivity index (χ1v) is 6.76. The highest BCUT2D eigenvalue weighted by Gasteiger charge is 2.15. The van der Waals surface area contributed by atoms with Crippen molar-refractivity contribution in [1.82, 2.24) is 9.97 Å². The molecule has 0 bridgehead atoms. The smallest absolute Gasteiger partial charge is 0.201 e. The van der Waals surface area contributed by atoms with Crippen LogP contribution in [0, 0.1) is 0 Å². The van der Waals surface area contributed by atoms with Crippen LogP contribution in [0.3, 0.4) is 0 Å². The molecule has 2 heterocycles. The fourth-order valence-corrected chi connectivity index (χ4v) is 2.16. The number of nitrogens with zero attached hydrogens (tertiary/aromatic N) is 2. The first kappa shape index (κ1) is 14.5. The minimum Gasteiger partial charge on any atom is -0.347 e. The molecule has 0 fully saturated rings. The molecule has 102 valence electrons. The van der Waals surface area contributed by atoms with Gasteiger partial charge in [0.2, 0.25) is 6.29 Å². The van der Waals surface area contributed by atoms with Gasteiger partial charge in [0.1, 0.15) is 10.3 Å². The van der Waals surface area contributed by atoms with Gasteiger partial charge < -0.3 is 9.47 Å². The Kier molecular flexibility index (Phi) is 4.93. The summed E-state index contributed by atoms with van der Waals surface area (Å²) in [6, 6.07) is 3.53. The highest BCUT2D eigenvalue weighted by Crippen LogP contribution is 2.28. The van der Waals surface area contributed by atoms with Crippen LogP contribution in [-0.2, 0) is 9.47 Å². The average Bonchev–Trinajstić information content (AvgIpc) is 2.39. The number of halogens is 2. The van der Waals surface area contributed by atoms with Gasteiger partial charge >= 0.3 is 0 Å². The Balaban J connectivity index is 2.46. The van der Waals surface area contributed by atoms with Crippen LogP contribution in [0.15, 0.2) is 18.3 Å². The molecule has 0 aromatic carbocycles. The Labute approximate surface area is 121 Å². The van der Waals surface area contributed by atoms with Gasteiger partial charge in [0, 0.05) is 30.2 Å². The SMILES string of the molecule is CCOC(OCC)c1cc2cnc(Cl)cc2c(Cl)n1. The first-order chi connectivity index (χ1) is 9.15. The quantitative estimate of drug-likeness (QED) is 0.618. The molecule has 0 aliphatic carbocycles. The van der Waals surface area contributed by atoms with Crippen LogP contribution >= 0.6 is 23.2 Å². The van der Waals surface area contributed by atoms with Crippen molar-refractivity contribution in [2.24, 2.45) is 0 Å². The molecule has 0 saturated carbocycles. The summed E-state index contributed by atoms with van der Waals surface area (Å²) < 4.78 is 11.0. The maximum atomic E-state index is 6.17. The molecule has 0 spiro atoms. The number of fused-ring (bicyclic) bond motifs is 1. The van der Waals surface area contributed by atoms with Crippen molar-refractivity contribution in [2.45, 2.75) is 20.1 Å². The van der Waals surface area contributed by atoms with Gasteiger partial charge in [-0.1, -0.05) is 23.2 Å². The van der Waals surface area contributed by atoms with E-state index in [9.17, 15) is 0 Å². The lowest BCUT2D eigenvalue weighted by atomic mass is 10.2.